The van der Waals surface area contributed by atoms with E-state index in [1.54, 1.807) is 6.92 Å². The van der Waals surface area contributed by atoms with Crippen LogP contribution in [-0.4, -0.2) is 11.6 Å². The summed E-state index contributed by atoms with van der Waals surface area (Å²) in [7, 11) is 0. The Labute approximate surface area is 96.4 Å². The molecular weight excluding hydrogens is 200 g/mol. The summed E-state index contributed by atoms with van der Waals surface area (Å²) in [5, 5.41) is 0. The Bertz CT molecular complexity index is 438. The van der Waals surface area contributed by atoms with Crippen LogP contribution in [0.3, 0.4) is 0 Å². The molecule has 16 heavy (non-hydrogen) atoms. The highest BCUT2D eigenvalue weighted by atomic mass is 16.1. The molecule has 0 aromatic rings. The van der Waals surface area contributed by atoms with Gasteiger partial charge in [0.25, 0.3) is 0 Å². The van der Waals surface area contributed by atoms with Gasteiger partial charge in [0.15, 0.2) is 11.6 Å². The van der Waals surface area contributed by atoms with E-state index >= 15 is 0 Å². The molecule has 0 aliphatic heterocycles. The molecule has 0 N–H and O–H groups in total. The molecule has 2 aliphatic carbocycles. The second-order valence-electron chi connectivity index (χ2n) is 5.70. The Morgan fingerprint density at radius 2 is 2.00 bits per heavy atom. The van der Waals surface area contributed by atoms with Gasteiger partial charge in [0.05, 0.1) is 5.41 Å². The van der Waals surface area contributed by atoms with Crippen LogP contribution in [0.1, 0.15) is 40.5 Å². The molecule has 0 heterocycles. The number of hydrogen-bond acceptors (Lipinski definition) is 2. The Morgan fingerprint density at radius 1 is 1.38 bits per heavy atom. The highest BCUT2D eigenvalue weighted by molar-refractivity contribution is 6.07. The molecule has 0 aromatic carbocycles. The summed E-state index contributed by atoms with van der Waals surface area (Å²) < 4.78 is 0. The lowest BCUT2D eigenvalue weighted by Crippen LogP contribution is -2.32. The van der Waals surface area contributed by atoms with Crippen LogP contribution in [-0.2, 0) is 9.59 Å². The monoisotopic (exact) mass is 218 g/mol. The van der Waals surface area contributed by atoms with E-state index in [-0.39, 0.29) is 17.0 Å². The second kappa shape index (κ2) is 3.16. The van der Waals surface area contributed by atoms with E-state index in [1.165, 1.54) is 0 Å². The van der Waals surface area contributed by atoms with Crippen LogP contribution in [0.5, 0.6) is 0 Å². The van der Waals surface area contributed by atoms with Crippen molar-refractivity contribution in [2.75, 3.05) is 0 Å². The molecule has 1 atom stereocenters. The van der Waals surface area contributed by atoms with Crippen molar-refractivity contribution < 1.29 is 9.59 Å². The summed E-state index contributed by atoms with van der Waals surface area (Å²) in [5.41, 5.74) is 1.13. The van der Waals surface area contributed by atoms with Crippen molar-refractivity contribution in [3.05, 3.63) is 23.3 Å². The minimum atomic E-state index is -0.588. The topological polar surface area (TPSA) is 34.1 Å². The van der Waals surface area contributed by atoms with Crippen molar-refractivity contribution >= 4 is 11.6 Å². The van der Waals surface area contributed by atoms with Gasteiger partial charge in [0.2, 0.25) is 0 Å². The van der Waals surface area contributed by atoms with E-state index < -0.39 is 5.41 Å². The molecule has 0 amide bonds. The Kier molecular flexibility index (Phi) is 2.23. The maximum absolute atomic E-state index is 12.2. The molecule has 1 spiro atoms. The van der Waals surface area contributed by atoms with Gasteiger partial charge in [0, 0.05) is 12.0 Å². The average molecular weight is 218 g/mol. The summed E-state index contributed by atoms with van der Waals surface area (Å²) >= 11 is 0. The third kappa shape index (κ3) is 1.32. The van der Waals surface area contributed by atoms with Gasteiger partial charge in [-0.05, 0) is 25.7 Å². The molecule has 0 radical (unpaired) electrons. The maximum Gasteiger partial charge on any atom is 0.156 e. The number of carbonyl (C=O) groups is 2. The number of allylic oxidation sites excluding steroid dienone is 4. The molecule has 2 rings (SSSR count). The largest absolute Gasteiger partial charge is 0.298 e. The number of Topliss-reactive ketones (excluding diaryl/α,β-unsaturated/α-hetero) is 2. The molecule has 2 heteroatoms. The van der Waals surface area contributed by atoms with Gasteiger partial charge in [-0.2, -0.15) is 0 Å². The van der Waals surface area contributed by atoms with Gasteiger partial charge in [-0.25, -0.2) is 0 Å². The van der Waals surface area contributed by atoms with E-state index in [2.05, 4.69) is 13.8 Å². The smallest absolute Gasteiger partial charge is 0.156 e. The molecule has 2 nitrogen and oxygen atoms in total. The fraction of sp³-hybridized carbons (Fsp3) is 0.571. The lowest BCUT2D eigenvalue weighted by Gasteiger charge is -2.29. The Morgan fingerprint density at radius 3 is 2.44 bits per heavy atom. The van der Waals surface area contributed by atoms with Crippen molar-refractivity contribution in [1.29, 1.82) is 0 Å². The molecule has 0 unspecified atom stereocenters. The predicted molar refractivity (Wildman–Crippen MR) is 63.0 cm³/mol. The molecule has 0 bridgehead atoms. The van der Waals surface area contributed by atoms with Gasteiger partial charge >= 0.3 is 0 Å². The van der Waals surface area contributed by atoms with Crippen LogP contribution in [0.2, 0.25) is 0 Å². The average Bonchev–Trinajstić information content (AvgIpc) is 2.59. The normalized spacial score (nSPS) is 31.9. The SMILES string of the molecule is CC(=O)C1=CC(C)(C)C[C@@]12C(=O)CC=C2C. The van der Waals surface area contributed by atoms with Crippen molar-refractivity contribution in [2.24, 2.45) is 10.8 Å². The third-order valence-electron chi connectivity index (χ3n) is 3.84. The number of hydrogen-bond donors (Lipinski definition) is 0. The quantitative estimate of drug-likeness (QED) is 0.634. The van der Waals surface area contributed by atoms with Crippen molar-refractivity contribution in [3.63, 3.8) is 0 Å². The van der Waals surface area contributed by atoms with Crippen molar-refractivity contribution in [1.82, 2.24) is 0 Å². The number of ketones is 2. The molecule has 2 aliphatic rings. The Balaban J connectivity index is 2.59. The van der Waals surface area contributed by atoms with E-state index in [1.807, 2.05) is 19.1 Å². The van der Waals surface area contributed by atoms with Gasteiger partial charge in [0.1, 0.15) is 0 Å². The van der Waals surface area contributed by atoms with Gasteiger partial charge in [-0.15, -0.1) is 0 Å². The van der Waals surface area contributed by atoms with Crippen molar-refractivity contribution in [2.45, 2.75) is 40.5 Å². The van der Waals surface area contributed by atoms with Gasteiger partial charge < -0.3 is 0 Å². The maximum atomic E-state index is 12.2. The van der Waals surface area contributed by atoms with Crippen molar-refractivity contribution in [3.8, 4) is 0 Å². The van der Waals surface area contributed by atoms with Crippen LogP contribution in [0.25, 0.3) is 0 Å². The summed E-state index contributed by atoms with van der Waals surface area (Å²) in [6, 6.07) is 0. The van der Waals surface area contributed by atoms with E-state index in [0.29, 0.717) is 12.0 Å². The van der Waals surface area contributed by atoms with Crippen LogP contribution >= 0.6 is 0 Å². The Hall–Kier alpha value is -1.18. The van der Waals surface area contributed by atoms with E-state index in [0.717, 1.165) is 12.0 Å². The molecule has 0 saturated heterocycles. The molecule has 86 valence electrons. The first-order valence-electron chi connectivity index (χ1n) is 5.74. The lowest BCUT2D eigenvalue weighted by molar-refractivity contribution is -0.126. The second-order valence-corrected chi connectivity index (χ2v) is 5.70. The first kappa shape index (κ1) is 11.3. The first-order chi connectivity index (χ1) is 7.29. The minimum absolute atomic E-state index is 0.0357. The van der Waals surface area contributed by atoms with Crippen LogP contribution in [0.15, 0.2) is 23.3 Å². The standard InChI is InChI=1S/C14H18O2/c1-9-5-6-12(16)14(9)8-13(3,4)7-11(14)10(2)15/h5,7H,6,8H2,1-4H3/t14-/m0/s1. The highest BCUT2D eigenvalue weighted by Crippen LogP contribution is 2.55. The fourth-order valence-electron chi connectivity index (χ4n) is 3.16. The lowest BCUT2D eigenvalue weighted by atomic mass is 9.71. The molecule has 0 fully saturated rings. The molecule has 0 saturated carbocycles. The predicted octanol–water partition coefficient (Wildman–Crippen LogP) is 2.84. The van der Waals surface area contributed by atoms with Crippen LogP contribution < -0.4 is 0 Å². The zero-order valence-electron chi connectivity index (χ0n) is 10.4. The fourth-order valence-corrected chi connectivity index (χ4v) is 3.16. The summed E-state index contributed by atoms with van der Waals surface area (Å²) in [6.45, 7) is 7.71. The zero-order chi connectivity index (χ0) is 12.1. The zero-order valence-corrected chi connectivity index (χ0v) is 10.4. The first-order valence-corrected chi connectivity index (χ1v) is 5.74. The molecule has 0 aromatic heterocycles. The van der Waals surface area contributed by atoms with E-state index in [9.17, 15) is 9.59 Å². The molecular formula is C14H18O2. The third-order valence-corrected chi connectivity index (χ3v) is 3.84. The number of rotatable bonds is 1. The van der Waals surface area contributed by atoms with Gasteiger partial charge in [-0.3, -0.25) is 9.59 Å². The highest BCUT2D eigenvalue weighted by Gasteiger charge is 2.53. The van der Waals surface area contributed by atoms with E-state index in [4.69, 9.17) is 0 Å². The minimum Gasteiger partial charge on any atom is -0.298 e. The number of carbonyl (C=O) groups excluding carboxylic acids is 2. The summed E-state index contributed by atoms with van der Waals surface area (Å²) in [5.74, 6) is 0.227. The van der Waals surface area contributed by atoms with Gasteiger partial charge in [-0.1, -0.05) is 31.6 Å². The van der Waals surface area contributed by atoms with Crippen LogP contribution in [0.4, 0.5) is 0 Å². The summed E-state index contributed by atoms with van der Waals surface area (Å²) in [4.78, 5) is 23.9. The van der Waals surface area contributed by atoms with Crippen LogP contribution in [0, 0.1) is 10.8 Å². The summed E-state index contributed by atoms with van der Waals surface area (Å²) in [6.07, 6.45) is 5.19.